The maximum absolute atomic E-state index is 11.7. The SMILES string of the molecule is CC(C)Oc1ncccc1CNc1cnn(C)c(=O)c1Cl. The summed E-state index contributed by atoms with van der Waals surface area (Å²) in [6.07, 6.45) is 3.23. The first-order chi connectivity index (χ1) is 9.99. The number of aromatic nitrogens is 3. The van der Waals surface area contributed by atoms with Gasteiger partial charge in [-0.15, -0.1) is 0 Å². The minimum Gasteiger partial charge on any atom is -0.475 e. The lowest BCUT2D eigenvalue weighted by molar-refractivity contribution is 0.230. The highest BCUT2D eigenvalue weighted by Gasteiger charge is 2.10. The Hall–Kier alpha value is -2.08. The average Bonchev–Trinajstić information content (AvgIpc) is 2.45. The minimum atomic E-state index is -0.341. The van der Waals surface area contributed by atoms with E-state index in [2.05, 4.69) is 15.4 Å². The standard InChI is InChI=1S/C14H17ClN4O2/c1-9(2)21-13-10(5-4-6-16-13)7-17-11-8-18-19(3)14(20)12(11)15/h4-6,8-9,17H,7H2,1-3H3. The van der Waals surface area contributed by atoms with Crippen molar-refractivity contribution in [3.8, 4) is 5.88 Å². The monoisotopic (exact) mass is 308 g/mol. The van der Waals surface area contributed by atoms with E-state index < -0.39 is 0 Å². The lowest BCUT2D eigenvalue weighted by Gasteiger charge is -2.14. The quantitative estimate of drug-likeness (QED) is 0.917. The molecule has 0 aliphatic rings. The molecule has 0 saturated heterocycles. The highest BCUT2D eigenvalue weighted by atomic mass is 35.5. The smallest absolute Gasteiger partial charge is 0.287 e. The zero-order chi connectivity index (χ0) is 15.4. The number of ether oxygens (including phenoxy) is 1. The van der Waals surface area contributed by atoms with Crippen molar-refractivity contribution >= 4 is 17.3 Å². The van der Waals surface area contributed by atoms with Gasteiger partial charge in [0.1, 0.15) is 5.02 Å². The number of halogens is 1. The molecular weight excluding hydrogens is 292 g/mol. The summed E-state index contributed by atoms with van der Waals surface area (Å²) in [4.78, 5) is 15.9. The minimum absolute atomic E-state index is 0.0351. The van der Waals surface area contributed by atoms with E-state index in [0.29, 0.717) is 18.1 Å². The fourth-order valence-corrected chi connectivity index (χ4v) is 1.95. The van der Waals surface area contributed by atoms with Crippen LogP contribution in [0.15, 0.2) is 29.3 Å². The first-order valence-electron chi connectivity index (χ1n) is 6.55. The second kappa shape index (κ2) is 6.58. The second-order valence-electron chi connectivity index (χ2n) is 4.79. The summed E-state index contributed by atoms with van der Waals surface area (Å²) in [5.74, 6) is 0.563. The largest absolute Gasteiger partial charge is 0.475 e. The molecule has 2 aromatic heterocycles. The molecule has 112 valence electrons. The molecule has 6 nitrogen and oxygen atoms in total. The van der Waals surface area contributed by atoms with E-state index in [-0.39, 0.29) is 16.7 Å². The lowest BCUT2D eigenvalue weighted by atomic mass is 10.2. The molecule has 0 aliphatic heterocycles. The van der Waals surface area contributed by atoms with E-state index in [9.17, 15) is 4.79 Å². The third kappa shape index (κ3) is 3.72. The number of rotatable bonds is 5. The fourth-order valence-electron chi connectivity index (χ4n) is 1.71. The summed E-state index contributed by atoms with van der Waals surface area (Å²) >= 11 is 6.01. The highest BCUT2D eigenvalue weighted by Crippen LogP contribution is 2.20. The third-order valence-electron chi connectivity index (χ3n) is 2.74. The van der Waals surface area contributed by atoms with Crippen molar-refractivity contribution in [1.29, 1.82) is 0 Å². The predicted octanol–water partition coefficient (Wildman–Crippen LogP) is 2.23. The summed E-state index contributed by atoms with van der Waals surface area (Å²) in [7, 11) is 1.55. The van der Waals surface area contributed by atoms with E-state index in [4.69, 9.17) is 16.3 Å². The van der Waals surface area contributed by atoms with Crippen molar-refractivity contribution in [3.05, 3.63) is 45.5 Å². The molecule has 2 aromatic rings. The Bertz CT molecular complexity index is 685. The van der Waals surface area contributed by atoms with Crippen LogP contribution in [0.5, 0.6) is 5.88 Å². The number of hydrogen-bond donors (Lipinski definition) is 1. The zero-order valence-corrected chi connectivity index (χ0v) is 12.9. The Balaban J connectivity index is 2.17. The number of hydrogen-bond acceptors (Lipinski definition) is 5. The molecule has 0 amide bonds. The molecule has 2 rings (SSSR count). The zero-order valence-electron chi connectivity index (χ0n) is 12.1. The summed E-state index contributed by atoms with van der Waals surface area (Å²) in [5.41, 5.74) is 1.02. The van der Waals surface area contributed by atoms with Crippen LogP contribution in [0.25, 0.3) is 0 Å². The molecule has 0 aromatic carbocycles. The molecule has 7 heteroatoms. The van der Waals surface area contributed by atoms with Crippen molar-refractivity contribution in [3.63, 3.8) is 0 Å². The number of pyridine rings is 1. The van der Waals surface area contributed by atoms with Crippen LogP contribution in [0.4, 0.5) is 5.69 Å². The summed E-state index contributed by atoms with van der Waals surface area (Å²) in [6, 6.07) is 3.73. The number of nitrogens with zero attached hydrogens (tertiary/aromatic N) is 3. The van der Waals surface area contributed by atoms with Crippen molar-refractivity contribution in [2.75, 3.05) is 5.32 Å². The van der Waals surface area contributed by atoms with Gasteiger partial charge in [-0.25, -0.2) is 9.67 Å². The van der Waals surface area contributed by atoms with Gasteiger partial charge in [0.15, 0.2) is 0 Å². The topological polar surface area (TPSA) is 69.0 Å². The Kier molecular flexibility index (Phi) is 4.80. The summed E-state index contributed by atoms with van der Waals surface area (Å²) in [5, 5.41) is 7.13. The molecule has 0 aliphatic carbocycles. The van der Waals surface area contributed by atoms with Crippen LogP contribution in [0.3, 0.4) is 0 Å². The normalized spacial score (nSPS) is 10.7. The molecule has 21 heavy (non-hydrogen) atoms. The molecule has 2 heterocycles. The van der Waals surface area contributed by atoms with Gasteiger partial charge in [0.25, 0.3) is 5.56 Å². The maximum Gasteiger partial charge on any atom is 0.287 e. The van der Waals surface area contributed by atoms with Gasteiger partial charge < -0.3 is 10.1 Å². The second-order valence-corrected chi connectivity index (χ2v) is 5.17. The van der Waals surface area contributed by atoms with Gasteiger partial charge in [-0.2, -0.15) is 5.10 Å². The van der Waals surface area contributed by atoms with Gasteiger partial charge >= 0.3 is 0 Å². The number of nitrogens with one attached hydrogen (secondary N) is 1. The van der Waals surface area contributed by atoms with Gasteiger partial charge in [-0.1, -0.05) is 17.7 Å². The van der Waals surface area contributed by atoms with Crippen LogP contribution in [-0.4, -0.2) is 20.9 Å². The summed E-state index contributed by atoms with van der Waals surface area (Å²) in [6.45, 7) is 4.31. The Morgan fingerprint density at radius 1 is 1.48 bits per heavy atom. The third-order valence-corrected chi connectivity index (χ3v) is 3.11. The lowest BCUT2D eigenvalue weighted by Crippen LogP contribution is -2.21. The van der Waals surface area contributed by atoms with E-state index in [1.165, 1.54) is 10.9 Å². The molecule has 0 fully saturated rings. The average molecular weight is 309 g/mol. The van der Waals surface area contributed by atoms with Crippen molar-refractivity contribution in [2.45, 2.75) is 26.5 Å². The molecular formula is C14H17ClN4O2. The van der Waals surface area contributed by atoms with Crippen LogP contribution in [0, 0.1) is 0 Å². The molecule has 0 saturated carbocycles. The van der Waals surface area contributed by atoms with Crippen LogP contribution >= 0.6 is 11.6 Å². The van der Waals surface area contributed by atoms with Gasteiger partial charge in [-0.05, 0) is 19.9 Å². The van der Waals surface area contributed by atoms with Gasteiger partial charge in [0, 0.05) is 25.4 Å². The molecule has 0 spiro atoms. The van der Waals surface area contributed by atoms with Crippen LogP contribution in [0.1, 0.15) is 19.4 Å². The van der Waals surface area contributed by atoms with Crippen LogP contribution < -0.4 is 15.6 Å². The maximum atomic E-state index is 11.7. The van der Waals surface area contributed by atoms with E-state index in [0.717, 1.165) is 5.56 Å². The van der Waals surface area contributed by atoms with E-state index >= 15 is 0 Å². The predicted molar refractivity (Wildman–Crippen MR) is 81.8 cm³/mol. The highest BCUT2D eigenvalue weighted by molar-refractivity contribution is 6.32. The van der Waals surface area contributed by atoms with Gasteiger partial charge in [-0.3, -0.25) is 4.79 Å². The van der Waals surface area contributed by atoms with Crippen molar-refractivity contribution in [1.82, 2.24) is 14.8 Å². The molecule has 0 unspecified atom stereocenters. The van der Waals surface area contributed by atoms with Gasteiger partial charge in [0.2, 0.25) is 5.88 Å². The number of aryl methyl sites for hydroxylation is 1. The Morgan fingerprint density at radius 2 is 2.24 bits per heavy atom. The molecule has 0 bridgehead atoms. The Labute approximate surface area is 127 Å². The van der Waals surface area contributed by atoms with Crippen LogP contribution in [-0.2, 0) is 13.6 Å². The molecule has 0 radical (unpaired) electrons. The van der Waals surface area contributed by atoms with E-state index in [1.807, 2.05) is 26.0 Å². The summed E-state index contributed by atoms with van der Waals surface area (Å²) < 4.78 is 6.83. The molecule has 1 N–H and O–H groups in total. The van der Waals surface area contributed by atoms with Gasteiger partial charge in [0.05, 0.1) is 18.0 Å². The first-order valence-corrected chi connectivity index (χ1v) is 6.93. The van der Waals surface area contributed by atoms with E-state index in [1.54, 1.807) is 13.2 Å². The number of anilines is 1. The first kappa shape index (κ1) is 15.3. The van der Waals surface area contributed by atoms with Crippen molar-refractivity contribution in [2.24, 2.45) is 7.05 Å². The molecule has 0 atom stereocenters. The fraction of sp³-hybridized carbons (Fsp3) is 0.357. The van der Waals surface area contributed by atoms with Crippen molar-refractivity contribution < 1.29 is 4.74 Å². The Morgan fingerprint density at radius 3 is 2.95 bits per heavy atom. The van der Waals surface area contributed by atoms with Crippen LogP contribution in [0.2, 0.25) is 5.02 Å².